The van der Waals surface area contributed by atoms with Gasteiger partial charge in [-0.25, -0.2) is 4.98 Å². The number of imidazole rings is 1. The molecule has 0 aliphatic rings. The van der Waals surface area contributed by atoms with Crippen LogP contribution < -0.4 is 5.73 Å². The van der Waals surface area contributed by atoms with Gasteiger partial charge in [-0.1, -0.05) is 18.2 Å². The van der Waals surface area contributed by atoms with Crippen molar-refractivity contribution in [2.24, 2.45) is 0 Å². The molecule has 3 heteroatoms. The van der Waals surface area contributed by atoms with E-state index in [1.54, 1.807) is 0 Å². The first-order valence-electron chi connectivity index (χ1n) is 6.42. The van der Waals surface area contributed by atoms with Crippen LogP contribution in [-0.2, 0) is 6.42 Å². The van der Waals surface area contributed by atoms with Gasteiger partial charge in [0.15, 0.2) is 0 Å². The molecule has 0 amide bonds. The Kier molecular flexibility index (Phi) is 2.75. The second kappa shape index (κ2) is 4.43. The number of aromatic nitrogens is 2. The first kappa shape index (κ1) is 11.8. The number of nitrogens with zero attached hydrogens (tertiary/aromatic N) is 1. The third-order valence-electron chi connectivity index (χ3n) is 3.50. The number of nitrogens with two attached hydrogens (primary N) is 1. The highest BCUT2D eigenvalue weighted by Gasteiger charge is 2.05. The maximum Gasteiger partial charge on any atom is 0.111 e. The molecule has 0 radical (unpaired) electrons. The van der Waals surface area contributed by atoms with Crippen LogP contribution in [-0.4, -0.2) is 9.97 Å². The quantitative estimate of drug-likeness (QED) is 0.686. The predicted molar refractivity (Wildman–Crippen MR) is 79.2 cm³/mol. The molecular formula is C16H17N3. The number of benzene rings is 2. The van der Waals surface area contributed by atoms with Gasteiger partial charge in [-0.2, -0.15) is 0 Å². The van der Waals surface area contributed by atoms with Crippen molar-refractivity contribution in [2.75, 3.05) is 5.73 Å². The predicted octanol–water partition coefficient (Wildman–Crippen LogP) is 3.35. The van der Waals surface area contributed by atoms with Crippen molar-refractivity contribution < 1.29 is 0 Å². The zero-order valence-corrected chi connectivity index (χ0v) is 11.2. The Morgan fingerprint density at radius 2 is 1.89 bits per heavy atom. The lowest BCUT2D eigenvalue weighted by molar-refractivity contribution is 1.03. The third-order valence-corrected chi connectivity index (χ3v) is 3.50. The molecule has 0 bridgehead atoms. The molecule has 3 aromatic rings. The van der Waals surface area contributed by atoms with Gasteiger partial charge in [0.25, 0.3) is 0 Å². The lowest BCUT2D eigenvalue weighted by Crippen LogP contribution is -1.92. The van der Waals surface area contributed by atoms with Gasteiger partial charge in [0.1, 0.15) is 5.82 Å². The van der Waals surface area contributed by atoms with Crippen LogP contribution in [0.5, 0.6) is 0 Å². The summed E-state index contributed by atoms with van der Waals surface area (Å²) in [6, 6.07) is 12.3. The summed E-state index contributed by atoms with van der Waals surface area (Å²) in [6.07, 6.45) is 0.815. The van der Waals surface area contributed by atoms with E-state index in [0.717, 1.165) is 29.0 Å². The Balaban J connectivity index is 1.94. The Bertz CT molecular complexity index is 741. The summed E-state index contributed by atoms with van der Waals surface area (Å²) in [5, 5.41) is 0. The number of hydrogen-bond acceptors (Lipinski definition) is 2. The van der Waals surface area contributed by atoms with Crippen LogP contribution in [0.3, 0.4) is 0 Å². The van der Waals surface area contributed by atoms with E-state index in [1.165, 1.54) is 16.7 Å². The van der Waals surface area contributed by atoms with Crippen molar-refractivity contribution in [3.63, 3.8) is 0 Å². The lowest BCUT2D eigenvalue weighted by Gasteiger charge is -2.03. The van der Waals surface area contributed by atoms with Crippen LogP contribution in [0.15, 0.2) is 36.4 Å². The van der Waals surface area contributed by atoms with Crippen molar-refractivity contribution in [3.8, 4) is 0 Å². The zero-order chi connectivity index (χ0) is 13.4. The topological polar surface area (TPSA) is 54.7 Å². The van der Waals surface area contributed by atoms with Crippen LogP contribution in [0.2, 0.25) is 0 Å². The number of aromatic amines is 1. The smallest absolute Gasteiger partial charge is 0.111 e. The lowest BCUT2D eigenvalue weighted by atomic mass is 10.0. The maximum absolute atomic E-state index is 5.77. The molecule has 3 nitrogen and oxygen atoms in total. The third kappa shape index (κ3) is 2.32. The summed E-state index contributed by atoms with van der Waals surface area (Å²) < 4.78 is 0. The summed E-state index contributed by atoms with van der Waals surface area (Å²) in [5.74, 6) is 0.976. The van der Waals surface area contributed by atoms with Gasteiger partial charge in [0, 0.05) is 12.1 Å². The van der Waals surface area contributed by atoms with E-state index < -0.39 is 0 Å². The minimum Gasteiger partial charge on any atom is -0.399 e. The molecule has 1 aromatic heterocycles. The number of aryl methyl sites for hydroxylation is 2. The van der Waals surface area contributed by atoms with Crippen molar-refractivity contribution in [1.29, 1.82) is 0 Å². The molecule has 0 unspecified atom stereocenters. The Morgan fingerprint density at radius 1 is 1.05 bits per heavy atom. The van der Waals surface area contributed by atoms with Gasteiger partial charge in [-0.05, 0) is 48.7 Å². The number of anilines is 1. The number of H-pyrrole nitrogens is 1. The maximum atomic E-state index is 5.77. The molecule has 3 rings (SSSR count). The second-order valence-corrected chi connectivity index (χ2v) is 5.06. The summed E-state index contributed by atoms with van der Waals surface area (Å²) in [7, 11) is 0. The van der Waals surface area contributed by atoms with Gasteiger partial charge in [-0.15, -0.1) is 0 Å². The monoisotopic (exact) mass is 251 g/mol. The molecule has 0 saturated heterocycles. The molecular weight excluding hydrogens is 234 g/mol. The summed E-state index contributed by atoms with van der Waals surface area (Å²) in [5.41, 5.74) is 12.4. The number of rotatable bonds is 2. The molecule has 2 aromatic carbocycles. The average molecular weight is 251 g/mol. The van der Waals surface area contributed by atoms with Gasteiger partial charge in [0.05, 0.1) is 11.0 Å². The highest BCUT2D eigenvalue weighted by Crippen LogP contribution is 2.18. The number of fused-ring (bicyclic) bond motifs is 1. The molecule has 0 spiro atoms. The van der Waals surface area contributed by atoms with Crippen LogP contribution >= 0.6 is 0 Å². The molecule has 0 aliphatic carbocycles. The summed E-state index contributed by atoms with van der Waals surface area (Å²) >= 11 is 0. The number of nitrogens with one attached hydrogen (secondary N) is 1. The van der Waals surface area contributed by atoms with Crippen LogP contribution in [0.4, 0.5) is 5.69 Å². The highest BCUT2D eigenvalue weighted by molar-refractivity contribution is 5.78. The largest absolute Gasteiger partial charge is 0.399 e. The molecule has 0 fully saturated rings. The summed E-state index contributed by atoms with van der Waals surface area (Å²) in [6.45, 7) is 4.27. The van der Waals surface area contributed by atoms with Crippen LogP contribution in [0.1, 0.15) is 22.5 Å². The van der Waals surface area contributed by atoms with E-state index in [2.05, 4.69) is 42.0 Å². The van der Waals surface area contributed by atoms with Crippen molar-refractivity contribution in [3.05, 3.63) is 58.9 Å². The fourth-order valence-corrected chi connectivity index (χ4v) is 2.27. The van der Waals surface area contributed by atoms with E-state index in [0.29, 0.717) is 0 Å². The number of nitrogen functional groups attached to an aromatic ring is 1. The molecule has 96 valence electrons. The molecule has 0 saturated carbocycles. The normalized spacial score (nSPS) is 11.1. The molecule has 19 heavy (non-hydrogen) atoms. The Hall–Kier alpha value is -2.29. The zero-order valence-electron chi connectivity index (χ0n) is 11.2. The first-order valence-corrected chi connectivity index (χ1v) is 6.42. The van der Waals surface area contributed by atoms with E-state index in [1.807, 2.05) is 18.2 Å². The summed E-state index contributed by atoms with van der Waals surface area (Å²) in [4.78, 5) is 7.92. The first-order chi connectivity index (χ1) is 9.11. The van der Waals surface area contributed by atoms with Gasteiger partial charge in [-0.3, -0.25) is 0 Å². The Morgan fingerprint density at radius 3 is 2.68 bits per heavy atom. The van der Waals surface area contributed by atoms with Gasteiger partial charge >= 0.3 is 0 Å². The molecule has 0 aliphatic heterocycles. The highest BCUT2D eigenvalue weighted by atomic mass is 14.9. The van der Waals surface area contributed by atoms with Crippen molar-refractivity contribution in [2.45, 2.75) is 20.3 Å². The molecule has 0 atom stereocenters. The van der Waals surface area contributed by atoms with Crippen molar-refractivity contribution in [1.82, 2.24) is 9.97 Å². The Labute approximate surface area is 112 Å². The average Bonchev–Trinajstić information content (AvgIpc) is 2.75. The minimum absolute atomic E-state index is 0.758. The van der Waals surface area contributed by atoms with Crippen LogP contribution in [0, 0.1) is 13.8 Å². The molecule has 1 heterocycles. The van der Waals surface area contributed by atoms with E-state index >= 15 is 0 Å². The molecule has 3 N–H and O–H groups in total. The minimum atomic E-state index is 0.758. The second-order valence-electron chi connectivity index (χ2n) is 5.06. The van der Waals surface area contributed by atoms with E-state index in [9.17, 15) is 0 Å². The van der Waals surface area contributed by atoms with Crippen LogP contribution in [0.25, 0.3) is 11.0 Å². The van der Waals surface area contributed by atoms with E-state index in [-0.39, 0.29) is 0 Å². The van der Waals surface area contributed by atoms with Gasteiger partial charge in [0.2, 0.25) is 0 Å². The van der Waals surface area contributed by atoms with E-state index in [4.69, 9.17) is 5.73 Å². The van der Waals surface area contributed by atoms with Crippen molar-refractivity contribution >= 4 is 16.7 Å². The van der Waals surface area contributed by atoms with Gasteiger partial charge < -0.3 is 10.7 Å². The standard InChI is InChI=1S/C16H17N3/c1-10-3-4-12(7-11(10)2)8-16-18-14-6-5-13(17)9-15(14)19-16/h3-7,9H,8,17H2,1-2H3,(H,18,19). The number of hydrogen-bond donors (Lipinski definition) is 2. The fraction of sp³-hybridized carbons (Fsp3) is 0.188. The fourth-order valence-electron chi connectivity index (χ4n) is 2.27. The SMILES string of the molecule is Cc1ccc(Cc2nc3ccc(N)cc3[nH]2)cc1C.